The number of hydrogen-bond donors (Lipinski definition) is 2. The second-order valence-electron chi connectivity index (χ2n) is 8.55. The average Bonchev–Trinajstić information content (AvgIpc) is 3.20. The highest BCUT2D eigenvalue weighted by atomic mass is 19.1. The Bertz CT molecular complexity index is 1550. The quantitative estimate of drug-likeness (QED) is 0.250. The van der Waals surface area contributed by atoms with E-state index < -0.39 is 22.5 Å². The van der Waals surface area contributed by atoms with E-state index in [0.29, 0.717) is 22.5 Å². The van der Waals surface area contributed by atoms with Gasteiger partial charge in [-0.2, -0.15) is 4.39 Å². The van der Waals surface area contributed by atoms with Crippen molar-refractivity contribution >= 4 is 28.2 Å². The fourth-order valence-electron chi connectivity index (χ4n) is 4.42. The van der Waals surface area contributed by atoms with Gasteiger partial charge in [0.1, 0.15) is 6.10 Å². The van der Waals surface area contributed by atoms with Gasteiger partial charge >= 0.3 is 5.69 Å². The maximum absolute atomic E-state index is 14.0. The monoisotopic (exact) mass is 471 g/mol. The number of nitrogens with one attached hydrogen (secondary N) is 1. The van der Waals surface area contributed by atoms with Crippen LogP contribution in [0.2, 0.25) is 0 Å². The number of aliphatic hydroxyl groups excluding tert-OH is 1. The number of para-hydroxylation sites is 1. The van der Waals surface area contributed by atoms with Crippen molar-refractivity contribution in [2.75, 3.05) is 5.32 Å². The van der Waals surface area contributed by atoms with Gasteiger partial charge in [0.25, 0.3) is 0 Å². The number of rotatable bonds is 4. The minimum atomic E-state index is -0.905. The third kappa shape index (κ3) is 4.20. The Morgan fingerprint density at radius 1 is 1.34 bits per heavy atom. The van der Waals surface area contributed by atoms with Gasteiger partial charge in [-0.15, -0.1) is 0 Å². The third-order valence-corrected chi connectivity index (χ3v) is 6.02. The molecule has 4 aromatic rings. The van der Waals surface area contributed by atoms with Crippen molar-refractivity contribution in [3.05, 3.63) is 75.3 Å². The fraction of sp³-hybridized carbons (Fsp3) is 0.231. The van der Waals surface area contributed by atoms with Crippen LogP contribution in [-0.4, -0.2) is 30.7 Å². The van der Waals surface area contributed by atoms with Crippen molar-refractivity contribution in [1.82, 2.24) is 14.5 Å². The lowest BCUT2D eigenvalue weighted by Crippen LogP contribution is -2.05. The van der Waals surface area contributed by atoms with Gasteiger partial charge in [-0.25, -0.2) is 9.97 Å². The van der Waals surface area contributed by atoms with Crippen LogP contribution in [0.25, 0.3) is 22.2 Å². The lowest BCUT2D eigenvalue weighted by Gasteiger charge is -2.14. The summed E-state index contributed by atoms with van der Waals surface area (Å²) in [5.41, 5.74) is 4.62. The molecule has 5 rings (SSSR count). The first-order chi connectivity index (χ1) is 16.8. The number of aryl methyl sites for hydroxylation is 3. The molecular formula is C26H22FN5O3. The molecule has 0 spiro atoms. The van der Waals surface area contributed by atoms with E-state index in [1.54, 1.807) is 20.0 Å². The van der Waals surface area contributed by atoms with E-state index in [4.69, 9.17) is 4.98 Å². The highest BCUT2D eigenvalue weighted by Crippen LogP contribution is 2.36. The Morgan fingerprint density at radius 3 is 2.94 bits per heavy atom. The molecule has 1 unspecified atom stereocenters. The Morgan fingerprint density at radius 2 is 2.17 bits per heavy atom. The summed E-state index contributed by atoms with van der Waals surface area (Å²) >= 11 is 0. The standard InChI is InChI=1S/C26H22FN5O3/c1-15-11-21(27)23(32(34)35)12-22(15)29-26-28-13-18(9-8-16(2)33)24(30-26)20-14-31-10-4-6-17-5-3-7-19(20)25(17)31/h3,5,7,11-14,16,33H,4,6,10H2,1-2H3,(H,28,29,30). The molecule has 35 heavy (non-hydrogen) atoms. The summed E-state index contributed by atoms with van der Waals surface area (Å²) in [5, 5.41) is 24.9. The first-order valence-electron chi connectivity index (χ1n) is 11.2. The number of anilines is 2. The lowest BCUT2D eigenvalue weighted by atomic mass is 10.0. The van der Waals surface area contributed by atoms with Crippen LogP contribution >= 0.6 is 0 Å². The molecule has 1 aliphatic heterocycles. The first-order valence-corrected chi connectivity index (χ1v) is 11.2. The molecule has 1 atom stereocenters. The summed E-state index contributed by atoms with van der Waals surface area (Å²) in [4.78, 5) is 19.5. The van der Waals surface area contributed by atoms with E-state index in [-0.39, 0.29) is 5.95 Å². The molecule has 176 valence electrons. The second-order valence-corrected chi connectivity index (χ2v) is 8.55. The molecule has 0 saturated carbocycles. The number of nitrogens with zero attached hydrogens (tertiary/aromatic N) is 4. The van der Waals surface area contributed by atoms with Gasteiger partial charge in [-0.3, -0.25) is 10.1 Å². The molecule has 3 heterocycles. The van der Waals surface area contributed by atoms with Gasteiger partial charge < -0.3 is 15.0 Å². The summed E-state index contributed by atoms with van der Waals surface area (Å²) in [7, 11) is 0. The molecule has 2 aromatic heterocycles. The molecule has 0 bridgehead atoms. The first kappa shape index (κ1) is 22.5. The predicted octanol–water partition coefficient (Wildman–Crippen LogP) is 4.88. The fourth-order valence-corrected chi connectivity index (χ4v) is 4.42. The Labute approximate surface area is 200 Å². The van der Waals surface area contributed by atoms with Crippen molar-refractivity contribution < 1.29 is 14.4 Å². The summed E-state index contributed by atoms with van der Waals surface area (Å²) in [5.74, 6) is 5.01. The molecular weight excluding hydrogens is 449 g/mol. The molecule has 0 amide bonds. The van der Waals surface area contributed by atoms with Gasteiger partial charge in [0.2, 0.25) is 11.8 Å². The zero-order valence-corrected chi connectivity index (χ0v) is 19.2. The normalized spacial score (nSPS) is 13.3. The number of nitro groups is 1. The van der Waals surface area contributed by atoms with Crippen LogP contribution in [0.3, 0.4) is 0 Å². The molecule has 1 aliphatic rings. The summed E-state index contributed by atoms with van der Waals surface area (Å²) in [6, 6.07) is 8.45. The highest BCUT2D eigenvalue weighted by Gasteiger charge is 2.21. The minimum Gasteiger partial charge on any atom is -0.381 e. The lowest BCUT2D eigenvalue weighted by molar-refractivity contribution is -0.387. The number of benzene rings is 2. The summed E-state index contributed by atoms with van der Waals surface area (Å²) in [6.45, 7) is 4.12. The zero-order chi connectivity index (χ0) is 24.7. The van der Waals surface area contributed by atoms with Gasteiger partial charge in [0.15, 0.2) is 0 Å². The number of aliphatic hydroxyl groups is 1. The van der Waals surface area contributed by atoms with E-state index in [1.165, 1.54) is 11.1 Å². The number of halogens is 1. The zero-order valence-electron chi connectivity index (χ0n) is 19.2. The van der Waals surface area contributed by atoms with Gasteiger partial charge in [0, 0.05) is 36.0 Å². The van der Waals surface area contributed by atoms with Crippen molar-refractivity contribution in [1.29, 1.82) is 0 Å². The van der Waals surface area contributed by atoms with Crippen LogP contribution in [0.4, 0.5) is 21.7 Å². The molecule has 0 fully saturated rings. The maximum Gasteiger partial charge on any atom is 0.306 e. The predicted molar refractivity (Wildman–Crippen MR) is 131 cm³/mol. The van der Waals surface area contributed by atoms with Crippen molar-refractivity contribution in [2.24, 2.45) is 0 Å². The van der Waals surface area contributed by atoms with Crippen LogP contribution in [0.15, 0.2) is 42.7 Å². The molecule has 9 heteroatoms. The Kier molecular flexibility index (Phi) is 5.67. The van der Waals surface area contributed by atoms with E-state index in [1.807, 2.05) is 12.1 Å². The Hall–Kier alpha value is -4.29. The Balaban J connectivity index is 1.65. The van der Waals surface area contributed by atoms with Crippen LogP contribution in [0.1, 0.15) is 30.0 Å². The SMILES string of the molecule is Cc1cc(F)c([N+](=O)[O-])cc1Nc1ncc(C#CC(C)O)c(-c2cn3c4c(cccc24)CCC3)n1. The molecule has 0 saturated heterocycles. The molecule has 8 nitrogen and oxygen atoms in total. The smallest absolute Gasteiger partial charge is 0.306 e. The van der Waals surface area contributed by atoms with Gasteiger partial charge in [0.05, 0.1) is 27.4 Å². The van der Waals surface area contributed by atoms with Crippen LogP contribution in [0, 0.1) is 34.7 Å². The molecule has 2 aromatic carbocycles. The van der Waals surface area contributed by atoms with E-state index >= 15 is 0 Å². The van der Waals surface area contributed by atoms with Crippen LogP contribution in [0.5, 0.6) is 0 Å². The molecule has 0 aliphatic carbocycles. The minimum absolute atomic E-state index is 0.193. The topological polar surface area (TPSA) is 106 Å². The van der Waals surface area contributed by atoms with E-state index in [0.717, 1.165) is 42.5 Å². The number of nitro benzene ring substituents is 1. The second kappa shape index (κ2) is 8.81. The third-order valence-electron chi connectivity index (χ3n) is 6.02. The van der Waals surface area contributed by atoms with E-state index in [9.17, 15) is 19.6 Å². The van der Waals surface area contributed by atoms with E-state index in [2.05, 4.69) is 39.0 Å². The van der Waals surface area contributed by atoms with Gasteiger partial charge in [-0.05, 0) is 43.9 Å². The summed E-state index contributed by atoms with van der Waals surface area (Å²) in [6.07, 6.45) is 4.85. The van der Waals surface area contributed by atoms with Crippen molar-refractivity contribution in [3.63, 3.8) is 0 Å². The number of aromatic nitrogens is 3. The maximum atomic E-state index is 14.0. The number of hydrogen-bond acceptors (Lipinski definition) is 6. The largest absolute Gasteiger partial charge is 0.381 e. The van der Waals surface area contributed by atoms with Crippen molar-refractivity contribution in [3.8, 4) is 23.1 Å². The van der Waals surface area contributed by atoms with Crippen LogP contribution < -0.4 is 5.32 Å². The molecule has 2 N–H and O–H groups in total. The van der Waals surface area contributed by atoms with Gasteiger partial charge in [-0.1, -0.05) is 30.0 Å². The highest BCUT2D eigenvalue weighted by molar-refractivity contribution is 5.98. The molecule has 0 radical (unpaired) electrons. The summed E-state index contributed by atoms with van der Waals surface area (Å²) < 4.78 is 16.2. The average molecular weight is 471 g/mol. The van der Waals surface area contributed by atoms with Crippen LogP contribution in [-0.2, 0) is 13.0 Å². The van der Waals surface area contributed by atoms with Crippen molar-refractivity contribution in [2.45, 2.75) is 39.3 Å².